The second kappa shape index (κ2) is 6.85. The fourth-order valence-electron chi connectivity index (χ4n) is 4.02. The van der Waals surface area contributed by atoms with Crippen molar-refractivity contribution >= 4 is 6.08 Å². The summed E-state index contributed by atoms with van der Waals surface area (Å²) < 4.78 is 0. The highest BCUT2D eigenvalue weighted by Crippen LogP contribution is 2.42. The minimum atomic E-state index is 0.455. The van der Waals surface area contributed by atoms with Crippen LogP contribution in [0.15, 0.2) is 83.5 Å². The maximum absolute atomic E-state index is 2.41. The minimum Gasteiger partial charge on any atom is -0.305 e. The van der Waals surface area contributed by atoms with E-state index in [9.17, 15) is 0 Å². The van der Waals surface area contributed by atoms with Crippen LogP contribution in [0, 0.1) is 0 Å². The Morgan fingerprint density at radius 3 is 2.44 bits per heavy atom. The van der Waals surface area contributed by atoms with Gasteiger partial charge in [0.25, 0.3) is 0 Å². The van der Waals surface area contributed by atoms with Crippen LogP contribution in [-0.2, 0) is 0 Å². The molecule has 0 saturated carbocycles. The normalized spacial score (nSPS) is 19.3. The van der Waals surface area contributed by atoms with E-state index in [0.29, 0.717) is 5.92 Å². The zero-order valence-electron chi connectivity index (χ0n) is 15.1. The predicted octanol–water partition coefficient (Wildman–Crippen LogP) is 5.42. The molecule has 2 aliphatic rings. The smallest absolute Gasteiger partial charge is 0.0224 e. The van der Waals surface area contributed by atoms with Crippen LogP contribution >= 0.6 is 0 Å². The van der Waals surface area contributed by atoms with Gasteiger partial charge in [0.05, 0.1) is 0 Å². The van der Waals surface area contributed by atoms with E-state index in [-0.39, 0.29) is 0 Å². The van der Waals surface area contributed by atoms with Crippen molar-refractivity contribution in [1.82, 2.24) is 4.90 Å². The second-order valence-electron chi connectivity index (χ2n) is 7.36. The standard InChI is InChI=1S/C24H25N/c1-25(2)17-18-12-13-20(14-18)22-15-21-10-6-7-11-23(21)24(16-22)19-8-4-3-5-9-19/h3-12,14-15,24H,13,16-17H2,1-2H3. The van der Waals surface area contributed by atoms with Crippen molar-refractivity contribution in [3.8, 4) is 0 Å². The van der Waals surface area contributed by atoms with Crippen molar-refractivity contribution in [1.29, 1.82) is 0 Å². The van der Waals surface area contributed by atoms with Gasteiger partial charge in [0.15, 0.2) is 0 Å². The first-order chi connectivity index (χ1) is 12.2. The van der Waals surface area contributed by atoms with Crippen LogP contribution in [-0.4, -0.2) is 25.5 Å². The van der Waals surface area contributed by atoms with E-state index < -0.39 is 0 Å². The third kappa shape index (κ3) is 3.38. The molecule has 0 N–H and O–H groups in total. The lowest BCUT2D eigenvalue weighted by atomic mass is 9.77. The lowest BCUT2D eigenvalue weighted by molar-refractivity contribution is 0.449. The molecule has 2 aliphatic carbocycles. The Kier molecular flexibility index (Phi) is 4.42. The summed E-state index contributed by atoms with van der Waals surface area (Å²) in [6, 6.07) is 19.8. The van der Waals surface area contributed by atoms with Crippen molar-refractivity contribution < 1.29 is 0 Å². The topological polar surface area (TPSA) is 3.24 Å². The fraction of sp³-hybridized carbons (Fsp3) is 0.250. The molecule has 1 nitrogen and oxygen atoms in total. The average molecular weight is 327 g/mol. The number of likely N-dealkylation sites (N-methyl/N-ethyl adjacent to an activating group) is 1. The van der Waals surface area contributed by atoms with Crippen LogP contribution in [0.2, 0.25) is 0 Å². The van der Waals surface area contributed by atoms with Crippen LogP contribution in [0.1, 0.15) is 35.4 Å². The molecule has 0 spiro atoms. The third-order valence-electron chi connectivity index (χ3n) is 5.18. The van der Waals surface area contributed by atoms with Gasteiger partial charge in [-0.05, 0) is 60.3 Å². The number of allylic oxidation sites excluding steroid dienone is 3. The van der Waals surface area contributed by atoms with Crippen LogP contribution < -0.4 is 0 Å². The average Bonchev–Trinajstić information content (AvgIpc) is 3.09. The molecule has 0 bridgehead atoms. The maximum Gasteiger partial charge on any atom is 0.0224 e. The van der Waals surface area contributed by atoms with Gasteiger partial charge >= 0.3 is 0 Å². The molecule has 126 valence electrons. The molecule has 1 unspecified atom stereocenters. The number of fused-ring (bicyclic) bond motifs is 1. The van der Waals surface area contributed by atoms with E-state index in [1.807, 2.05) is 0 Å². The SMILES string of the molecule is CN(C)CC1=CCC(C2=Cc3ccccc3C(c3ccccc3)C2)=C1. The number of nitrogens with zero attached hydrogens (tertiary/aromatic N) is 1. The number of hydrogen-bond acceptors (Lipinski definition) is 1. The Labute approximate surface area is 151 Å². The summed E-state index contributed by atoms with van der Waals surface area (Å²) in [5.74, 6) is 0.455. The van der Waals surface area contributed by atoms with Crippen LogP contribution in [0.3, 0.4) is 0 Å². The van der Waals surface area contributed by atoms with E-state index in [4.69, 9.17) is 0 Å². The monoisotopic (exact) mass is 327 g/mol. The van der Waals surface area contributed by atoms with Crippen LogP contribution in [0.5, 0.6) is 0 Å². The predicted molar refractivity (Wildman–Crippen MR) is 107 cm³/mol. The molecule has 1 atom stereocenters. The molecule has 0 saturated heterocycles. The summed E-state index contributed by atoms with van der Waals surface area (Å²) in [6.45, 7) is 1.02. The van der Waals surface area contributed by atoms with Gasteiger partial charge in [-0.3, -0.25) is 0 Å². The summed E-state index contributed by atoms with van der Waals surface area (Å²) in [5, 5.41) is 0. The first-order valence-electron chi connectivity index (χ1n) is 9.10. The summed E-state index contributed by atoms with van der Waals surface area (Å²) in [6.07, 6.45) is 9.36. The number of hydrogen-bond donors (Lipinski definition) is 0. The molecule has 0 fully saturated rings. The van der Waals surface area contributed by atoms with Crippen molar-refractivity contribution in [3.63, 3.8) is 0 Å². The van der Waals surface area contributed by atoms with Gasteiger partial charge in [0.2, 0.25) is 0 Å². The van der Waals surface area contributed by atoms with E-state index in [2.05, 4.69) is 91.8 Å². The molecule has 2 aromatic rings. The van der Waals surface area contributed by atoms with Gasteiger partial charge < -0.3 is 4.90 Å². The largest absolute Gasteiger partial charge is 0.305 e. The molecule has 0 aromatic heterocycles. The highest BCUT2D eigenvalue weighted by molar-refractivity contribution is 5.68. The van der Waals surface area contributed by atoms with Gasteiger partial charge in [-0.2, -0.15) is 0 Å². The summed E-state index contributed by atoms with van der Waals surface area (Å²) in [7, 11) is 4.27. The lowest BCUT2D eigenvalue weighted by Crippen LogP contribution is -2.13. The summed E-state index contributed by atoms with van der Waals surface area (Å²) in [4.78, 5) is 2.24. The zero-order valence-corrected chi connectivity index (χ0v) is 15.1. The van der Waals surface area contributed by atoms with Crippen molar-refractivity contribution in [2.75, 3.05) is 20.6 Å². The first-order valence-corrected chi connectivity index (χ1v) is 9.10. The molecule has 0 aliphatic heterocycles. The first kappa shape index (κ1) is 16.1. The highest BCUT2D eigenvalue weighted by Gasteiger charge is 2.24. The van der Waals surface area contributed by atoms with Gasteiger partial charge in [-0.15, -0.1) is 0 Å². The Bertz CT molecular complexity index is 853. The Morgan fingerprint density at radius 2 is 1.64 bits per heavy atom. The highest BCUT2D eigenvalue weighted by atomic mass is 15.0. The Hall–Kier alpha value is -2.38. The van der Waals surface area contributed by atoms with E-state index in [1.165, 1.54) is 33.4 Å². The van der Waals surface area contributed by atoms with Crippen molar-refractivity contribution in [2.45, 2.75) is 18.8 Å². The van der Waals surface area contributed by atoms with E-state index >= 15 is 0 Å². The van der Waals surface area contributed by atoms with Gasteiger partial charge in [-0.25, -0.2) is 0 Å². The molecule has 0 radical (unpaired) electrons. The fourth-order valence-corrected chi connectivity index (χ4v) is 4.02. The Morgan fingerprint density at radius 1 is 0.880 bits per heavy atom. The third-order valence-corrected chi connectivity index (χ3v) is 5.18. The molecule has 25 heavy (non-hydrogen) atoms. The van der Waals surface area contributed by atoms with Gasteiger partial charge in [0.1, 0.15) is 0 Å². The molecule has 2 aromatic carbocycles. The van der Waals surface area contributed by atoms with E-state index in [1.54, 1.807) is 0 Å². The zero-order chi connectivity index (χ0) is 17.2. The van der Waals surface area contributed by atoms with E-state index in [0.717, 1.165) is 19.4 Å². The lowest BCUT2D eigenvalue weighted by Gasteiger charge is -2.27. The molecule has 4 rings (SSSR count). The quantitative estimate of drug-likeness (QED) is 0.724. The summed E-state index contributed by atoms with van der Waals surface area (Å²) >= 11 is 0. The molecule has 0 heterocycles. The molecular formula is C24H25N. The number of benzene rings is 2. The van der Waals surface area contributed by atoms with Crippen molar-refractivity contribution in [2.24, 2.45) is 0 Å². The molecule has 1 heteroatoms. The maximum atomic E-state index is 2.41. The minimum absolute atomic E-state index is 0.455. The number of rotatable bonds is 4. The Balaban J connectivity index is 1.68. The summed E-state index contributed by atoms with van der Waals surface area (Å²) in [5.41, 5.74) is 8.68. The van der Waals surface area contributed by atoms with Gasteiger partial charge in [0, 0.05) is 12.5 Å². The second-order valence-corrected chi connectivity index (χ2v) is 7.36. The van der Waals surface area contributed by atoms with Crippen molar-refractivity contribution in [3.05, 3.63) is 100 Å². The molecule has 0 amide bonds. The molecular weight excluding hydrogens is 302 g/mol. The van der Waals surface area contributed by atoms with Gasteiger partial charge in [-0.1, -0.05) is 72.8 Å². The van der Waals surface area contributed by atoms with Crippen LogP contribution in [0.25, 0.3) is 6.08 Å². The van der Waals surface area contributed by atoms with Crippen LogP contribution in [0.4, 0.5) is 0 Å².